The average molecular weight is 428 g/mol. The van der Waals surface area contributed by atoms with Gasteiger partial charge in [-0.1, -0.05) is 36.4 Å². The summed E-state index contributed by atoms with van der Waals surface area (Å²) in [5.74, 6) is 0.0637. The van der Waals surface area contributed by atoms with Crippen LogP contribution < -0.4 is 10.5 Å². The van der Waals surface area contributed by atoms with Crippen LogP contribution in [-0.2, 0) is 11.2 Å². The Morgan fingerprint density at radius 2 is 1.56 bits per heavy atom. The normalized spacial score (nSPS) is 14.2. The maximum atomic E-state index is 12.9. The first kappa shape index (κ1) is 20.1. The Kier molecular flexibility index (Phi) is 5.23. The van der Waals surface area contributed by atoms with Crippen LogP contribution in [0, 0.1) is 6.92 Å². The first-order chi connectivity index (χ1) is 15.6. The van der Waals surface area contributed by atoms with Crippen LogP contribution in [0.4, 0.5) is 5.69 Å². The van der Waals surface area contributed by atoms with Gasteiger partial charge in [-0.15, -0.1) is 0 Å². The molecule has 1 aliphatic heterocycles. The minimum Gasteiger partial charge on any atom is -0.368 e. The zero-order valence-corrected chi connectivity index (χ0v) is 18.0. The van der Waals surface area contributed by atoms with Gasteiger partial charge in [0.05, 0.1) is 23.2 Å². The lowest BCUT2D eigenvalue weighted by Gasteiger charge is -2.36. The molecule has 1 N–H and O–H groups in total. The molecule has 1 fully saturated rings. The molecule has 7 nitrogen and oxygen atoms in total. The van der Waals surface area contributed by atoms with Crippen LogP contribution in [0.15, 0.2) is 71.5 Å². The number of aryl methyl sites for hydroxylation is 1. The quantitative estimate of drug-likeness (QED) is 0.544. The molecule has 0 radical (unpaired) electrons. The van der Waals surface area contributed by atoms with Gasteiger partial charge in [-0.2, -0.15) is 0 Å². The van der Waals surface area contributed by atoms with E-state index in [0.29, 0.717) is 29.8 Å². The molecule has 0 aliphatic carbocycles. The van der Waals surface area contributed by atoms with E-state index in [9.17, 15) is 9.59 Å². The fraction of sp³-hybridized carbons (Fsp3) is 0.240. The van der Waals surface area contributed by atoms with Gasteiger partial charge in [0, 0.05) is 31.9 Å². The third kappa shape index (κ3) is 3.77. The first-order valence-electron chi connectivity index (χ1n) is 10.8. The zero-order valence-electron chi connectivity index (χ0n) is 18.0. The largest absolute Gasteiger partial charge is 0.368 e. The number of carbonyl (C=O) groups excluding carboxylic acids is 1. The number of aromatic nitrogens is 3. The van der Waals surface area contributed by atoms with E-state index in [1.54, 1.807) is 0 Å². The Morgan fingerprint density at radius 3 is 2.22 bits per heavy atom. The summed E-state index contributed by atoms with van der Waals surface area (Å²) in [5.41, 5.74) is 3.81. The van der Waals surface area contributed by atoms with Gasteiger partial charge in [-0.3, -0.25) is 14.7 Å². The standard InChI is InChI=1S/C25H25N5O2/c1-18-16-19(26-24-23(18)25(32)30(27-24)21-10-6-3-7-11-21)17-22(31)29-14-12-28(13-15-29)20-8-4-2-5-9-20/h2-11,16H,12-15,17H2,1H3,(H,26,27). The topological polar surface area (TPSA) is 74.2 Å². The number of piperazine rings is 1. The molecule has 1 saturated heterocycles. The summed E-state index contributed by atoms with van der Waals surface area (Å²) in [6.07, 6.45) is 0.223. The van der Waals surface area contributed by atoms with E-state index in [0.717, 1.165) is 24.3 Å². The number of rotatable bonds is 4. The highest BCUT2D eigenvalue weighted by Gasteiger charge is 2.22. The van der Waals surface area contributed by atoms with Gasteiger partial charge in [-0.25, -0.2) is 9.67 Å². The highest BCUT2D eigenvalue weighted by Crippen LogP contribution is 2.18. The van der Waals surface area contributed by atoms with Gasteiger partial charge in [0.15, 0.2) is 5.65 Å². The highest BCUT2D eigenvalue weighted by molar-refractivity contribution is 5.82. The summed E-state index contributed by atoms with van der Waals surface area (Å²) in [6.45, 7) is 4.90. The Hall–Kier alpha value is -3.87. The molecule has 2 aromatic carbocycles. The lowest BCUT2D eigenvalue weighted by atomic mass is 10.1. The summed E-state index contributed by atoms with van der Waals surface area (Å²) in [4.78, 5) is 34.6. The Morgan fingerprint density at radius 1 is 0.938 bits per heavy atom. The molecular weight excluding hydrogens is 402 g/mol. The molecule has 0 atom stereocenters. The maximum absolute atomic E-state index is 12.9. The van der Waals surface area contributed by atoms with E-state index in [2.05, 4.69) is 27.1 Å². The summed E-state index contributed by atoms with van der Waals surface area (Å²) in [7, 11) is 0. The number of para-hydroxylation sites is 2. The average Bonchev–Trinajstić information content (AvgIpc) is 3.17. The molecule has 7 heteroatoms. The number of pyridine rings is 1. The predicted molar refractivity (Wildman–Crippen MR) is 125 cm³/mol. The van der Waals surface area contributed by atoms with E-state index in [4.69, 9.17) is 0 Å². The number of nitrogens with one attached hydrogen (secondary N) is 1. The smallest absolute Gasteiger partial charge is 0.281 e. The molecule has 1 aliphatic rings. The van der Waals surface area contributed by atoms with Crippen LogP contribution in [-0.4, -0.2) is 51.8 Å². The van der Waals surface area contributed by atoms with Crippen molar-refractivity contribution in [2.45, 2.75) is 13.3 Å². The second-order valence-corrected chi connectivity index (χ2v) is 8.12. The van der Waals surface area contributed by atoms with Crippen LogP contribution in [0.25, 0.3) is 16.7 Å². The number of hydrogen-bond donors (Lipinski definition) is 1. The van der Waals surface area contributed by atoms with Crippen molar-refractivity contribution in [1.29, 1.82) is 0 Å². The van der Waals surface area contributed by atoms with Gasteiger partial charge >= 0.3 is 0 Å². The molecule has 0 spiro atoms. The summed E-state index contributed by atoms with van der Waals surface area (Å²) >= 11 is 0. The second kappa shape index (κ2) is 8.34. The van der Waals surface area contributed by atoms with Crippen molar-refractivity contribution in [3.05, 3.63) is 88.3 Å². The molecule has 162 valence electrons. The van der Waals surface area contributed by atoms with E-state index >= 15 is 0 Å². The number of nitrogens with zero attached hydrogens (tertiary/aromatic N) is 4. The highest BCUT2D eigenvalue weighted by atomic mass is 16.2. The Labute approximate surface area is 185 Å². The molecule has 3 heterocycles. The summed E-state index contributed by atoms with van der Waals surface area (Å²) < 4.78 is 1.50. The minimum absolute atomic E-state index is 0.0637. The third-order valence-corrected chi connectivity index (χ3v) is 6.00. The number of H-pyrrole nitrogens is 1. The van der Waals surface area contributed by atoms with Crippen molar-refractivity contribution in [2.24, 2.45) is 0 Å². The van der Waals surface area contributed by atoms with Crippen LogP contribution in [0.5, 0.6) is 0 Å². The van der Waals surface area contributed by atoms with Gasteiger partial charge in [0.2, 0.25) is 5.91 Å². The number of anilines is 1. The van der Waals surface area contributed by atoms with Crippen LogP contribution in [0.1, 0.15) is 11.3 Å². The van der Waals surface area contributed by atoms with E-state index < -0.39 is 0 Å². The van der Waals surface area contributed by atoms with Crippen LogP contribution in [0.2, 0.25) is 0 Å². The molecule has 0 saturated carbocycles. The number of fused-ring (bicyclic) bond motifs is 1. The van der Waals surface area contributed by atoms with Crippen molar-refractivity contribution in [1.82, 2.24) is 19.7 Å². The van der Waals surface area contributed by atoms with Crippen molar-refractivity contribution in [2.75, 3.05) is 31.1 Å². The first-order valence-corrected chi connectivity index (χ1v) is 10.8. The number of hydrogen-bond acceptors (Lipinski definition) is 4. The van der Waals surface area contributed by atoms with Crippen molar-refractivity contribution < 1.29 is 4.79 Å². The Balaban J connectivity index is 1.32. The predicted octanol–water partition coefficient (Wildman–Crippen LogP) is 2.91. The van der Waals surface area contributed by atoms with Crippen molar-refractivity contribution in [3.63, 3.8) is 0 Å². The van der Waals surface area contributed by atoms with Crippen molar-refractivity contribution >= 4 is 22.6 Å². The van der Waals surface area contributed by atoms with Crippen LogP contribution in [0.3, 0.4) is 0 Å². The molecule has 32 heavy (non-hydrogen) atoms. The second-order valence-electron chi connectivity index (χ2n) is 8.12. The number of aromatic amines is 1. The fourth-order valence-electron chi connectivity index (χ4n) is 4.33. The SMILES string of the molecule is Cc1cc(CC(=O)N2CCN(c3ccccc3)CC2)nc2[nH]n(-c3ccccc3)c(=O)c12. The van der Waals surface area contributed by atoms with Crippen LogP contribution >= 0.6 is 0 Å². The molecular formula is C25H25N5O2. The molecule has 2 aromatic heterocycles. The Bertz CT molecular complexity index is 1300. The third-order valence-electron chi connectivity index (χ3n) is 6.00. The minimum atomic E-state index is -0.133. The molecule has 4 aromatic rings. The van der Waals surface area contributed by atoms with Crippen molar-refractivity contribution in [3.8, 4) is 5.69 Å². The number of amides is 1. The molecule has 0 bridgehead atoms. The maximum Gasteiger partial charge on any atom is 0.281 e. The molecule has 5 rings (SSSR count). The molecule has 0 unspecified atom stereocenters. The summed E-state index contributed by atoms with van der Waals surface area (Å²) in [5, 5.41) is 3.66. The van der Waals surface area contributed by atoms with Gasteiger partial charge in [0.1, 0.15) is 0 Å². The van der Waals surface area contributed by atoms with Gasteiger partial charge in [-0.05, 0) is 42.8 Å². The lowest BCUT2D eigenvalue weighted by molar-refractivity contribution is -0.130. The van der Waals surface area contributed by atoms with E-state index in [-0.39, 0.29) is 17.9 Å². The lowest BCUT2D eigenvalue weighted by Crippen LogP contribution is -2.49. The van der Waals surface area contributed by atoms with E-state index in [1.165, 1.54) is 10.4 Å². The monoisotopic (exact) mass is 427 g/mol. The van der Waals surface area contributed by atoms with Gasteiger partial charge < -0.3 is 9.80 Å². The van der Waals surface area contributed by atoms with Gasteiger partial charge in [0.25, 0.3) is 5.56 Å². The van der Waals surface area contributed by atoms with E-state index in [1.807, 2.05) is 66.4 Å². The summed E-state index contributed by atoms with van der Waals surface area (Å²) in [6, 6.07) is 21.5. The number of benzene rings is 2. The molecule has 1 amide bonds. The fourth-order valence-corrected chi connectivity index (χ4v) is 4.33. The zero-order chi connectivity index (χ0) is 22.1. The number of carbonyl (C=O) groups is 1.